The fourth-order valence-electron chi connectivity index (χ4n) is 3.45. The molecular formula is C23H26Cl5N3O4S. The molecule has 0 spiro atoms. The van der Waals surface area contributed by atoms with Crippen molar-refractivity contribution in [3.63, 3.8) is 0 Å². The van der Waals surface area contributed by atoms with Crippen LogP contribution in [0, 0.1) is 0 Å². The number of carbonyl (C=O) groups excluding carboxylic acids is 2. The minimum absolute atomic E-state index is 0.0204. The van der Waals surface area contributed by atoms with Gasteiger partial charge in [-0.15, -0.1) is 0 Å². The average Bonchev–Trinajstić information content (AvgIpc) is 2.75. The predicted molar refractivity (Wildman–Crippen MR) is 148 cm³/mol. The van der Waals surface area contributed by atoms with Gasteiger partial charge in [-0.05, 0) is 44.5 Å². The molecule has 0 saturated heterocycles. The van der Waals surface area contributed by atoms with Crippen LogP contribution in [0.15, 0.2) is 30.3 Å². The van der Waals surface area contributed by atoms with Crippen LogP contribution in [0.3, 0.4) is 0 Å². The molecule has 0 aliphatic rings. The lowest BCUT2D eigenvalue weighted by Crippen LogP contribution is -2.53. The fourth-order valence-corrected chi connectivity index (χ4v) is 5.52. The molecule has 2 aromatic rings. The van der Waals surface area contributed by atoms with Crippen LogP contribution in [0.4, 0.5) is 5.69 Å². The third-order valence-electron chi connectivity index (χ3n) is 5.14. The molecule has 1 atom stereocenters. The number of carbonyl (C=O) groups is 2. The summed E-state index contributed by atoms with van der Waals surface area (Å²) in [4.78, 5) is 28.0. The minimum Gasteiger partial charge on any atom is -0.352 e. The Kier molecular flexibility index (Phi) is 11.0. The second-order valence-corrected chi connectivity index (χ2v) is 12.2. The highest BCUT2D eigenvalue weighted by Crippen LogP contribution is 2.36. The number of halogens is 5. The zero-order valence-electron chi connectivity index (χ0n) is 20.0. The van der Waals surface area contributed by atoms with Crippen LogP contribution in [0.5, 0.6) is 0 Å². The molecule has 0 aliphatic carbocycles. The summed E-state index contributed by atoms with van der Waals surface area (Å²) in [7, 11) is -4.01. The van der Waals surface area contributed by atoms with Gasteiger partial charge in [0, 0.05) is 28.2 Å². The van der Waals surface area contributed by atoms with E-state index in [1.807, 2.05) is 0 Å². The standard InChI is InChI=1S/C23H26Cl5N3O4S/c1-5-20(23(33)29-13(2)3)30(11-14-15(24)7-6-8-16(14)25)22(32)12-31(36(4,34)35)21-10-18(27)17(26)9-19(21)28/h6-10,13,20H,5,11-12H2,1-4H3,(H,29,33)/t20-/m0/s1. The van der Waals surface area contributed by atoms with E-state index in [1.54, 1.807) is 39.0 Å². The Morgan fingerprint density at radius 3 is 2.00 bits per heavy atom. The number of amides is 2. The highest BCUT2D eigenvalue weighted by atomic mass is 35.5. The highest BCUT2D eigenvalue weighted by molar-refractivity contribution is 7.92. The quantitative estimate of drug-likeness (QED) is 0.329. The molecule has 0 aromatic heterocycles. The summed E-state index contributed by atoms with van der Waals surface area (Å²) < 4.78 is 26.3. The molecule has 0 bridgehead atoms. The van der Waals surface area contributed by atoms with Gasteiger partial charge >= 0.3 is 0 Å². The Bertz CT molecular complexity index is 1220. The molecule has 0 saturated carbocycles. The molecule has 0 heterocycles. The molecule has 2 amide bonds. The summed E-state index contributed by atoms with van der Waals surface area (Å²) in [6.45, 7) is 4.53. The Hall–Kier alpha value is -1.42. The molecule has 7 nitrogen and oxygen atoms in total. The van der Waals surface area contributed by atoms with Crippen molar-refractivity contribution in [1.82, 2.24) is 10.2 Å². The van der Waals surface area contributed by atoms with Crippen molar-refractivity contribution >= 4 is 85.5 Å². The first-order chi connectivity index (χ1) is 16.7. The first-order valence-electron chi connectivity index (χ1n) is 10.8. The Balaban J connectivity index is 2.57. The maximum atomic E-state index is 13.7. The molecule has 0 aliphatic heterocycles. The lowest BCUT2D eigenvalue weighted by Gasteiger charge is -2.33. The van der Waals surface area contributed by atoms with Gasteiger partial charge in [-0.1, -0.05) is 71.0 Å². The number of sulfonamides is 1. The lowest BCUT2D eigenvalue weighted by atomic mass is 10.1. The topological polar surface area (TPSA) is 86.8 Å². The first-order valence-corrected chi connectivity index (χ1v) is 14.6. The molecule has 0 fully saturated rings. The van der Waals surface area contributed by atoms with E-state index in [-0.39, 0.29) is 39.8 Å². The Labute approximate surface area is 236 Å². The van der Waals surface area contributed by atoms with Gasteiger partial charge in [0.05, 0.1) is 27.0 Å². The molecule has 198 valence electrons. The van der Waals surface area contributed by atoms with Crippen LogP contribution in [-0.4, -0.2) is 50.0 Å². The Morgan fingerprint density at radius 1 is 0.944 bits per heavy atom. The van der Waals surface area contributed by atoms with Gasteiger partial charge in [0.25, 0.3) is 0 Å². The molecular weight excluding hydrogens is 592 g/mol. The SMILES string of the molecule is CC[C@@H](C(=O)NC(C)C)N(Cc1c(Cl)cccc1Cl)C(=O)CN(c1cc(Cl)c(Cl)cc1Cl)S(C)(=O)=O. The van der Waals surface area contributed by atoms with Gasteiger partial charge in [0.15, 0.2) is 0 Å². The summed E-state index contributed by atoms with van der Waals surface area (Å²) >= 11 is 31.0. The van der Waals surface area contributed by atoms with Crippen molar-refractivity contribution in [2.24, 2.45) is 0 Å². The van der Waals surface area contributed by atoms with Gasteiger partial charge < -0.3 is 10.2 Å². The van der Waals surface area contributed by atoms with Crippen molar-refractivity contribution < 1.29 is 18.0 Å². The molecule has 1 N–H and O–H groups in total. The number of anilines is 1. The zero-order valence-corrected chi connectivity index (χ0v) is 24.6. The van der Waals surface area contributed by atoms with E-state index in [0.29, 0.717) is 15.6 Å². The molecule has 36 heavy (non-hydrogen) atoms. The predicted octanol–water partition coefficient (Wildman–Crippen LogP) is 6.05. The van der Waals surface area contributed by atoms with E-state index >= 15 is 0 Å². The van der Waals surface area contributed by atoms with Crippen LogP contribution in [0.25, 0.3) is 0 Å². The molecule has 0 unspecified atom stereocenters. The average molecular weight is 618 g/mol. The van der Waals surface area contributed by atoms with Crippen LogP contribution < -0.4 is 9.62 Å². The number of hydrogen-bond acceptors (Lipinski definition) is 4. The summed E-state index contributed by atoms with van der Waals surface area (Å²) in [5, 5.41) is 3.55. The largest absolute Gasteiger partial charge is 0.352 e. The summed E-state index contributed by atoms with van der Waals surface area (Å²) in [6, 6.07) is 6.31. The van der Waals surface area contributed by atoms with E-state index in [0.717, 1.165) is 10.6 Å². The van der Waals surface area contributed by atoms with Gasteiger partial charge in [-0.3, -0.25) is 13.9 Å². The summed E-state index contributed by atoms with van der Waals surface area (Å²) in [6.07, 6.45) is 1.18. The summed E-state index contributed by atoms with van der Waals surface area (Å²) in [5.74, 6) is -1.08. The second-order valence-electron chi connectivity index (χ2n) is 8.30. The van der Waals surface area contributed by atoms with Crippen LogP contribution in [-0.2, 0) is 26.2 Å². The molecule has 2 rings (SSSR count). The van der Waals surface area contributed by atoms with Gasteiger partial charge in [-0.2, -0.15) is 0 Å². The van der Waals surface area contributed by atoms with Crippen molar-refractivity contribution in [2.75, 3.05) is 17.1 Å². The number of hydrogen-bond donors (Lipinski definition) is 1. The molecule has 13 heteroatoms. The normalized spacial score (nSPS) is 12.4. The lowest BCUT2D eigenvalue weighted by molar-refractivity contribution is -0.140. The van der Waals surface area contributed by atoms with Crippen LogP contribution >= 0.6 is 58.0 Å². The van der Waals surface area contributed by atoms with Crippen LogP contribution in [0.1, 0.15) is 32.8 Å². The van der Waals surface area contributed by atoms with Gasteiger partial charge in [-0.25, -0.2) is 8.42 Å². The maximum absolute atomic E-state index is 13.7. The maximum Gasteiger partial charge on any atom is 0.244 e. The number of benzene rings is 2. The smallest absolute Gasteiger partial charge is 0.244 e. The van der Waals surface area contributed by atoms with Gasteiger partial charge in [0.2, 0.25) is 21.8 Å². The van der Waals surface area contributed by atoms with E-state index in [2.05, 4.69) is 5.32 Å². The third-order valence-corrected chi connectivity index (χ3v) is 8.00. The third kappa shape index (κ3) is 7.79. The number of rotatable bonds is 10. The molecule has 2 aromatic carbocycles. The summed E-state index contributed by atoms with van der Waals surface area (Å²) in [5.41, 5.74) is 0.390. The van der Waals surface area contributed by atoms with E-state index in [1.165, 1.54) is 17.0 Å². The zero-order chi connectivity index (χ0) is 27.4. The van der Waals surface area contributed by atoms with Gasteiger partial charge in [0.1, 0.15) is 12.6 Å². The van der Waals surface area contributed by atoms with Crippen molar-refractivity contribution in [1.29, 1.82) is 0 Å². The van der Waals surface area contributed by atoms with E-state index < -0.39 is 34.4 Å². The second kappa shape index (κ2) is 12.9. The first kappa shape index (κ1) is 30.8. The number of nitrogens with one attached hydrogen (secondary N) is 1. The van der Waals surface area contributed by atoms with E-state index in [4.69, 9.17) is 58.0 Å². The monoisotopic (exact) mass is 615 g/mol. The van der Waals surface area contributed by atoms with Crippen molar-refractivity contribution in [3.05, 3.63) is 61.0 Å². The van der Waals surface area contributed by atoms with Crippen molar-refractivity contribution in [3.8, 4) is 0 Å². The highest BCUT2D eigenvalue weighted by Gasteiger charge is 2.33. The minimum atomic E-state index is -4.01. The van der Waals surface area contributed by atoms with E-state index in [9.17, 15) is 18.0 Å². The van der Waals surface area contributed by atoms with Crippen molar-refractivity contribution in [2.45, 2.75) is 45.8 Å². The Morgan fingerprint density at radius 2 is 1.50 bits per heavy atom. The number of nitrogens with zero attached hydrogens (tertiary/aromatic N) is 2. The molecule has 0 radical (unpaired) electrons. The van der Waals surface area contributed by atoms with Crippen LogP contribution in [0.2, 0.25) is 25.1 Å². The fraction of sp³-hybridized carbons (Fsp3) is 0.391.